The van der Waals surface area contributed by atoms with E-state index in [4.69, 9.17) is 16.6 Å². The van der Waals surface area contributed by atoms with Crippen molar-refractivity contribution in [1.29, 1.82) is 0 Å². The third-order valence-electron chi connectivity index (χ3n) is 3.42. The topological polar surface area (TPSA) is 83.4 Å². The average molecular weight is 424 g/mol. The van der Waals surface area contributed by atoms with Gasteiger partial charge in [-0.3, -0.25) is 14.9 Å². The predicted octanol–water partition coefficient (Wildman–Crippen LogP) is 3.70. The highest BCUT2D eigenvalue weighted by Crippen LogP contribution is 2.14. The minimum Gasteiger partial charge on any atom is -0.444 e. The monoisotopic (exact) mass is 423 g/mol. The third-order valence-corrected chi connectivity index (χ3v) is 4.05. The zero-order valence-corrected chi connectivity index (χ0v) is 16.2. The van der Waals surface area contributed by atoms with Crippen molar-refractivity contribution in [2.75, 3.05) is 5.32 Å². The number of carbonyl (C=O) groups excluding carboxylic acids is 2. The molecule has 1 atom stereocenters. The van der Waals surface area contributed by atoms with Crippen molar-refractivity contribution in [2.45, 2.75) is 26.3 Å². The minimum absolute atomic E-state index is 0.120. The summed E-state index contributed by atoms with van der Waals surface area (Å²) < 4.78 is 5.61. The van der Waals surface area contributed by atoms with E-state index in [0.717, 1.165) is 6.42 Å². The van der Waals surface area contributed by atoms with E-state index in [1.807, 2.05) is 13.8 Å². The quantitative estimate of drug-likeness (QED) is 0.638. The van der Waals surface area contributed by atoms with Crippen LogP contribution in [0.1, 0.15) is 41.2 Å². The second-order valence-electron chi connectivity index (χ2n) is 5.37. The molecule has 1 aromatic heterocycles. The summed E-state index contributed by atoms with van der Waals surface area (Å²) in [7, 11) is 0. The zero-order valence-electron chi connectivity index (χ0n) is 13.8. The van der Waals surface area contributed by atoms with Gasteiger partial charge in [-0.1, -0.05) is 6.92 Å². The molecule has 1 unspecified atom stereocenters. The van der Waals surface area contributed by atoms with E-state index in [-0.39, 0.29) is 22.8 Å². The van der Waals surface area contributed by atoms with Gasteiger partial charge in [0, 0.05) is 17.3 Å². The molecule has 0 saturated heterocycles. The van der Waals surface area contributed by atoms with Crippen molar-refractivity contribution < 1.29 is 14.0 Å². The number of anilines is 1. The van der Waals surface area contributed by atoms with E-state index in [0.29, 0.717) is 15.9 Å². The maximum atomic E-state index is 12.0. The van der Waals surface area contributed by atoms with E-state index < -0.39 is 5.91 Å². The number of furan rings is 1. The normalized spacial score (nSPS) is 11.5. The Morgan fingerprint density at radius 2 is 1.84 bits per heavy atom. The van der Waals surface area contributed by atoms with Gasteiger partial charge in [0.05, 0.1) is 0 Å². The van der Waals surface area contributed by atoms with Crippen molar-refractivity contribution >= 4 is 50.8 Å². The molecule has 2 amide bonds. The lowest BCUT2D eigenvalue weighted by molar-refractivity contribution is 0.0935. The van der Waals surface area contributed by atoms with Gasteiger partial charge < -0.3 is 15.1 Å². The highest BCUT2D eigenvalue weighted by Gasteiger charge is 2.12. The Balaban J connectivity index is 1.91. The molecule has 0 saturated carbocycles. The van der Waals surface area contributed by atoms with Crippen LogP contribution in [0.15, 0.2) is 45.5 Å². The van der Waals surface area contributed by atoms with Crippen LogP contribution in [0.2, 0.25) is 0 Å². The largest absolute Gasteiger partial charge is 0.444 e. The molecule has 25 heavy (non-hydrogen) atoms. The average Bonchev–Trinajstić information content (AvgIpc) is 3.01. The summed E-state index contributed by atoms with van der Waals surface area (Å²) in [6.07, 6.45) is 0.867. The number of benzene rings is 1. The van der Waals surface area contributed by atoms with E-state index in [2.05, 4.69) is 31.9 Å². The molecule has 2 rings (SSSR count). The molecule has 0 fully saturated rings. The van der Waals surface area contributed by atoms with Crippen LogP contribution in [-0.2, 0) is 0 Å². The summed E-state index contributed by atoms with van der Waals surface area (Å²) in [4.78, 5) is 24.0. The molecule has 2 aromatic rings. The van der Waals surface area contributed by atoms with Crippen LogP contribution >= 0.6 is 28.1 Å². The molecule has 8 heteroatoms. The predicted molar refractivity (Wildman–Crippen MR) is 104 cm³/mol. The molecule has 0 aliphatic heterocycles. The van der Waals surface area contributed by atoms with Crippen LogP contribution in [0.25, 0.3) is 0 Å². The number of carbonyl (C=O) groups is 2. The summed E-state index contributed by atoms with van der Waals surface area (Å²) >= 11 is 8.23. The van der Waals surface area contributed by atoms with Crippen LogP contribution in [0.4, 0.5) is 5.69 Å². The summed E-state index contributed by atoms with van der Waals surface area (Å²) in [5.41, 5.74) is 1.22. The van der Waals surface area contributed by atoms with Crippen molar-refractivity contribution in [3.8, 4) is 0 Å². The first-order valence-corrected chi connectivity index (χ1v) is 8.87. The molecule has 6 nitrogen and oxygen atoms in total. The number of thiocarbonyl (C=S) groups is 1. The molecule has 0 aliphatic carbocycles. The second kappa shape index (κ2) is 8.77. The zero-order chi connectivity index (χ0) is 18.4. The Labute approximate surface area is 159 Å². The number of amides is 2. The molecule has 0 spiro atoms. The summed E-state index contributed by atoms with van der Waals surface area (Å²) in [5, 5.41) is 8.43. The lowest BCUT2D eigenvalue weighted by Gasteiger charge is -2.12. The summed E-state index contributed by atoms with van der Waals surface area (Å²) in [6, 6.07) is 10.1. The van der Waals surface area contributed by atoms with Gasteiger partial charge in [0.1, 0.15) is 0 Å². The van der Waals surface area contributed by atoms with E-state index in [9.17, 15) is 9.59 Å². The minimum atomic E-state index is -0.451. The Hall–Kier alpha value is -2.19. The SMILES string of the molecule is CCC(C)NC(=O)c1ccc(NC(=S)NC(=O)c2ccc(Br)o2)cc1. The second-order valence-corrected chi connectivity index (χ2v) is 6.56. The van der Waals surface area contributed by atoms with Crippen LogP contribution in [-0.4, -0.2) is 23.0 Å². The molecule has 0 bridgehead atoms. The highest BCUT2D eigenvalue weighted by molar-refractivity contribution is 9.10. The van der Waals surface area contributed by atoms with E-state index >= 15 is 0 Å². The standard InChI is InChI=1S/C17H18BrN3O3S/c1-3-10(2)19-15(22)11-4-6-12(7-5-11)20-17(25)21-16(23)13-8-9-14(18)24-13/h4-10H,3H2,1-2H3,(H,19,22)(H2,20,21,23,25). The fourth-order valence-electron chi connectivity index (χ4n) is 1.88. The fraction of sp³-hybridized carbons (Fsp3) is 0.235. The maximum Gasteiger partial charge on any atom is 0.293 e. The highest BCUT2D eigenvalue weighted by atomic mass is 79.9. The molecule has 0 radical (unpaired) electrons. The fourth-order valence-corrected chi connectivity index (χ4v) is 2.39. The van der Waals surface area contributed by atoms with Crippen molar-refractivity contribution in [1.82, 2.24) is 10.6 Å². The summed E-state index contributed by atoms with van der Waals surface area (Å²) in [5.74, 6) is -0.430. The Bertz CT molecular complexity index is 774. The van der Waals surface area contributed by atoms with Gasteiger partial charge in [-0.15, -0.1) is 0 Å². The van der Waals surface area contributed by atoms with E-state index in [1.54, 1.807) is 30.3 Å². The van der Waals surface area contributed by atoms with Gasteiger partial charge in [-0.25, -0.2) is 0 Å². The van der Waals surface area contributed by atoms with Gasteiger partial charge in [0.2, 0.25) is 0 Å². The number of halogens is 1. The number of hydrogen-bond acceptors (Lipinski definition) is 4. The Morgan fingerprint density at radius 1 is 1.16 bits per heavy atom. The molecular formula is C17H18BrN3O3S. The Kier molecular flexibility index (Phi) is 6.72. The van der Waals surface area contributed by atoms with Crippen LogP contribution in [0.3, 0.4) is 0 Å². The first-order valence-electron chi connectivity index (χ1n) is 7.67. The third kappa shape index (κ3) is 5.68. The number of nitrogens with one attached hydrogen (secondary N) is 3. The van der Waals surface area contributed by atoms with Crippen LogP contribution in [0, 0.1) is 0 Å². The first kappa shape index (κ1) is 19.1. The lowest BCUT2D eigenvalue weighted by atomic mass is 10.1. The lowest BCUT2D eigenvalue weighted by Crippen LogP contribution is -2.34. The number of rotatable bonds is 5. The Morgan fingerprint density at radius 3 is 2.40 bits per heavy atom. The van der Waals surface area contributed by atoms with E-state index in [1.165, 1.54) is 6.07 Å². The van der Waals surface area contributed by atoms with Gasteiger partial charge in [0.15, 0.2) is 15.5 Å². The van der Waals surface area contributed by atoms with Crippen LogP contribution in [0.5, 0.6) is 0 Å². The molecule has 1 aromatic carbocycles. The van der Waals surface area contributed by atoms with Gasteiger partial charge in [-0.05, 0) is 77.9 Å². The maximum absolute atomic E-state index is 12.0. The molecule has 0 aliphatic rings. The van der Waals surface area contributed by atoms with Crippen molar-refractivity contribution in [3.63, 3.8) is 0 Å². The van der Waals surface area contributed by atoms with Gasteiger partial charge >= 0.3 is 0 Å². The van der Waals surface area contributed by atoms with Crippen LogP contribution < -0.4 is 16.0 Å². The number of hydrogen-bond donors (Lipinski definition) is 3. The smallest absolute Gasteiger partial charge is 0.293 e. The molecule has 1 heterocycles. The van der Waals surface area contributed by atoms with Gasteiger partial charge in [-0.2, -0.15) is 0 Å². The van der Waals surface area contributed by atoms with Crippen molar-refractivity contribution in [2.24, 2.45) is 0 Å². The van der Waals surface area contributed by atoms with Crippen molar-refractivity contribution in [3.05, 3.63) is 52.4 Å². The first-order chi connectivity index (χ1) is 11.9. The molecule has 3 N–H and O–H groups in total. The summed E-state index contributed by atoms with van der Waals surface area (Å²) in [6.45, 7) is 3.96. The molecule has 132 valence electrons. The molecular weight excluding hydrogens is 406 g/mol. The van der Waals surface area contributed by atoms with Gasteiger partial charge in [0.25, 0.3) is 11.8 Å².